The van der Waals surface area contributed by atoms with E-state index in [-0.39, 0.29) is 12.0 Å². The Labute approximate surface area is 177 Å². The van der Waals surface area contributed by atoms with Crippen LogP contribution in [0.3, 0.4) is 0 Å². The summed E-state index contributed by atoms with van der Waals surface area (Å²) in [4.78, 5) is 37.3. The van der Waals surface area contributed by atoms with Crippen LogP contribution in [0.4, 0.5) is 16.3 Å². The molecule has 0 aliphatic carbocycles. The van der Waals surface area contributed by atoms with Crippen LogP contribution >= 0.6 is 0 Å². The zero-order chi connectivity index (χ0) is 21.9. The lowest BCUT2D eigenvalue weighted by atomic mass is 10.1. The number of hydrogen-bond acceptors (Lipinski definition) is 6. The monoisotopic (exact) mass is 411 g/mol. The van der Waals surface area contributed by atoms with Crippen LogP contribution in [0.25, 0.3) is 0 Å². The molecule has 2 aromatic rings. The van der Waals surface area contributed by atoms with Gasteiger partial charge in [-0.1, -0.05) is 0 Å². The number of aryl methyl sites for hydroxylation is 2. The summed E-state index contributed by atoms with van der Waals surface area (Å²) in [5.74, 6) is 0.252. The van der Waals surface area contributed by atoms with E-state index in [1.165, 1.54) is 0 Å². The highest BCUT2D eigenvalue weighted by atomic mass is 16.6. The van der Waals surface area contributed by atoms with Gasteiger partial charge < -0.3 is 19.9 Å². The van der Waals surface area contributed by atoms with Gasteiger partial charge in [0.25, 0.3) is 5.91 Å². The molecule has 1 N–H and O–H groups in total. The SMILES string of the molecule is Cc1ccc(C(=O)Nc2ccc(N3CCN(C(=O)OC(C)(C)C)CC3)cn2)c(C)n1. The Morgan fingerprint density at radius 2 is 1.73 bits per heavy atom. The van der Waals surface area contributed by atoms with E-state index >= 15 is 0 Å². The first kappa shape index (κ1) is 21.5. The van der Waals surface area contributed by atoms with Crippen molar-refractivity contribution in [2.45, 2.75) is 40.2 Å². The highest BCUT2D eigenvalue weighted by Gasteiger charge is 2.26. The maximum absolute atomic E-state index is 12.5. The number of pyridine rings is 2. The average molecular weight is 412 g/mol. The minimum absolute atomic E-state index is 0.230. The standard InChI is InChI=1S/C22H29N5O3/c1-15-6-8-18(16(2)24-15)20(28)25-19-9-7-17(14-23-19)26-10-12-27(13-11-26)21(29)30-22(3,4)5/h6-9,14H,10-13H2,1-5H3,(H,23,25,28). The molecule has 1 saturated heterocycles. The molecule has 160 valence electrons. The summed E-state index contributed by atoms with van der Waals surface area (Å²) in [6.07, 6.45) is 1.46. The lowest BCUT2D eigenvalue weighted by Crippen LogP contribution is -2.50. The van der Waals surface area contributed by atoms with Crippen molar-refractivity contribution in [2.24, 2.45) is 0 Å². The van der Waals surface area contributed by atoms with Crippen molar-refractivity contribution in [3.05, 3.63) is 47.4 Å². The molecule has 3 heterocycles. The van der Waals surface area contributed by atoms with Gasteiger partial charge in [-0.05, 0) is 58.9 Å². The van der Waals surface area contributed by atoms with Crippen LogP contribution in [0.5, 0.6) is 0 Å². The second-order valence-electron chi connectivity index (χ2n) is 8.40. The average Bonchev–Trinajstić information content (AvgIpc) is 2.67. The van der Waals surface area contributed by atoms with Crippen LogP contribution < -0.4 is 10.2 Å². The summed E-state index contributed by atoms with van der Waals surface area (Å²) in [6, 6.07) is 7.29. The molecular weight excluding hydrogens is 382 g/mol. The van der Waals surface area contributed by atoms with Crippen LogP contribution in [-0.4, -0.2) is 58.6 Å². The molecule has 8 heteroatoms. The molecule has 1 aliphatic heterocycles. The Hall–Kier alpha value is -3.16. The number of carbonyl (C=O) groups excluding carboxylic acids is 2. The summed E-state index contributed by atoms with van der Waals surface area (Å²) in [5.41, 5.74) is 2.55. The predicted molar refractivity (Wildman–Crippen MR) is 116 cm³/mol. The molecule has 3 rings (SSSR count). The topological polar surface area (TPSA) is 87.7 Å². The number of aromatic nitrogens is 2. The van der Waals surface area contributed by atoms with Crippen LogP contribution in [0.15, 0.2) is 30.5 Å². The number of nitrogens with zero attached hydrogens (tertiary/aromatic N) is 4. The third kappa shape index (κ3) is 5.46. The number of piperazine rings is 1. The zero-order valence-corrected chi connectivity index (χ0v) is 18.2. The second-order valence-corrected chi connectivity index (χ2v) is 8.40. The van der Waals surface area contributed by atoms with Crippen molar-refractivity contribution in [1.29, 1.82) is 0 Å². The molecule has 0 unspecified atom stereocenters. The van der Waals surface area contributed by atoms with Gasteiger partial charge in [-0.3, -0.25) is 9.78 Å². The first-order valence-electron chi connectivity index (χ1n) is 10.1. The number of amides is 2. The minimum atomic E-state index is -0.494. The number of ether oxygens (including phenoxy) is 1. The number of hydrogen-bond donors (Lipinski definition) is 1. The van der Waals surface area contributed by atoms with Gasteiger partial charge in [0.2, 0.25) is 0 Å². The van der Waals surface area contributed by atoms with Crippen molar-refractivity contribution in [3.8, 4) is 0 Å². The molecule has 30 heavy (non-hydrogen) atoms. The molecule has 2 amide bonds. The Morgan fingerprint density at radius 3 is 2.30 bits per heavy atom. The molecule has 1 fully saturated rings. The summed E-state index contributed by atoms with van der Waals surface area (Å²) >= 11 is 0. The van der Waals surface area contributed by atoms with Gasteiger partial charge in [0.1, 0.15) is 11.4 Å². The lowest BCUT2D eigenvalue weighted by molar-refractivity contribution is 0.0240. The molecule has 0 spiro atoms. The molecule has 0 atom stereocenters. The summed E-state index contributed by atoms with van der Waals surface area (Å²) in [6.45, 7) is 11.9. The summed E-state index contributed by atoms with van der Waals surface area (Å²) in [5, 5.41) is 2.81. The fourth-order valence-corrected chi connectivity index (χ4v) is 3.23. The number of carbonyl (C=O) groups is 2. The Balaban J connectivity index is 1.56. The zero-order valence-electron chi connectivity index (χ0n) is 18.2. The molecular formula is C22H29N5O3. The third-order valence-electron chi connectivity index (χ3n) is 4.76. The maximum atomic E-state index is 12.5. The Bertz CT molecular complexity index is 913. The number of rotatable bonds is 3. The van der Waals surface area contributed by atoms with Crippen LogP contribution in [0.1, 0.15) is 42.5 Å². The first-order chi connectivity index (χ1) is 14.1. The second kappa shape index (κ2) is 8.69. The van der Waals surface area contributed by atoms with E-state index in [2.05, 4.69) is 20.2 Å². The fraction of sp³-hybridized carbons (Fsp3) is 0.455. The van der Waals surface area contributed by atoms with E-state index in [0.29, 0.717) is 43.3 Å². The van der Waals surface area contributed by atoms with Crippen molar-refractivity contribution >= 4 is 23.5 Å². The van der Waals surface area contributed by atoms with Gasteiger partial charge in [0.15, 0.2) is 0 Å². The van der Waals surface area contributed by atoms with Gasteiger partial charge in [-0.15, -0.1) is 0 Å². The van der Waals surface area contributed by atoms with Crippen molar-refractivity contribution in [2.75, 3.05) is 36.4 Å². The van der Waals surface area contributed by atoms with Gasteiger partial charge >= 0.3 is 6.09 Å². The molecule has 0 radical (unpaired) electrons. The molecule has 2 aromatic heterocycles. The van der Waals surface area contributed by atoms with Crippen molar-refractivity contribution < 1.29 is 14.3 Å². The van der Waals surface area contributed by atoms with Crippen LogP contribution in [-0.2, 0) is 4.74 Å². The van der Waals surface area contributed by atoms with Gasteiger partial charge in [0.05, 0.1) is 23.1 Å². The highest BCUT2D eigenvalue weighted by molar-refractivity contribution is 6.04. The molecule has 0 aromatic carbocycles. The Morgan fingerprint density at radius 1 is 1.03 bits per heavy atom. The van der Waals surface area contributed by atoms with Gasteiger partial charge in [-0.2, -0.15) is 0 Å². The highest BCUT2D eigenvalue weighted by Crippen LogP contribution is 2.19. The predicted octanol–water partition coefficient (Wildman–Crippen LogP) is 3.40. The third-order valence-corrected chi connectivity index (χ3v) is 4.76. The van der Waals surface area contributed by atoms with Gasteiger partial charge in [-0.25, -0.2) is 9.78 Å². The molecule has 8 nitrogen and oxygen atoms in total. The minimum Gasteiger partial charge on any atom is -0.444 e. The van der Waals surface area contributed by atoms with Gasteiger partial charge in [0, 0.05) is 31.9 Å². The summed E-state index contributed by atoms with van der Waals surface area (Å²) < 4.78 is 5.43. The van der Waals surface area contributed by atoms with E-state index in [9.17, 15) is 9.59 Å². The Kier molecular flexibility index (Phi) is 6.24. The van der Waals surface area contributed by atoms with E-state index in [0.717, 1.165) is 11.4 Å². The van der Waals surface area contributed by atoms with Crippen LogP contribution in [0, 0.1) is 13.8 Å². The van der Waals surface area contributed by atoms with E-state index in [1.807, 2.05) is 46.8 Å². The number of anilines is 2. The largest absolute Gasteiger partial charge is 0.444 e. The van der Waals surface area contributed by atoms with Crippen molar-refractivity contribution in [3.63, 3.8) is 0 Å². The molecule has 0 saturated carbocycles. The summed E-state index contributed by atoms with van der Waals surface area (Å²) in [7, 11) is 0. The lowest BCUT2D eigenvalue weighted by Gasteiger charge is -2.36. The fourth-order valence-electron chi connectivity index (χ4n) is 3.23. The maximum Gasteiger partial charge on any atom is 0.410 e. The normalized spacial score (nSPS) is 14.4. The van der Waals surface area contributed by atoms with E-state index < -0.39 is 5.60 Å². The first-order valence-corrected chi connectivity index (χ1v) is 10.1. The smallest absolute Gasteiger partial charge is 0.410 e. The number of nitrogens with one attached hydrogen (secondary N) is 1. The molecule has 0 bridgehead atoms. The quantitative estimate of drug-likeness (QED) is 0.833. The van der Waals surface area contributed by atoms with Crippen molar-refractivity contribution in [1.82, 2.24) is 14.9 Å². The van der Waals surface area contributed by atoms with Crippen LogP contribution in [0.2, 0.25) is 0 Å². The molecule has 1 aliphatic rings. The van der Waals surface area contributed by atoms with E-state index in [4.69, 9.17) is 4.74 Å². The van der Waals surface area contributed by atoms with E-state index in [1.54, 1.807) is 23.2 Å².